The van der Waals surface area contributed by atoms with Crippen molar-refractivity contribution in [3.05, 3.63) is 77.4 Å². The minimum absolute atomic E-state index is 0.0105. The molecule has 0 amide bonds. The summed E-state index contributed by atoms with van der Waals surface area (Å²) in [5, 5.41) is 24.6. The van der Waals surface area contributed by atoms with E-state index in [1.165, 1.54) is 27.5 Å². The lowest BCUT2D eigenvalue weighted by atomic mass is 9.58. The second-order valence-corrected chi connectivity index (χ2v) is 12.0. The maximum absolute atomic E-state index is 11.1. The van der Waals surface area contributed by atoms with Gasteiger partial charge in [0, 0.05) is 17.4 Å². The van der Waals surface area contributed by atoms with Crippen LogP contribution in [0.5, 0.6) is 0 Å². The molecule has 2 bridgehead atoms. The van der Waals surface area contributed by atoms with Gasteiger partial charge in [-0.05, 0) is 85.3 Å². The second kappa shape index (κ2) is 7.17. The molecule has 2 fully saturated rings. The summed E-state index contributed by atoms with van der Waals surface area (Å²) in [6.07, 6.45) is 9.97. The Morgan fingerprint density at radius 3 is 2.60 bits per heavy atom. The Bertz CT molecular complexity index is 1320. The van der Waals surface area contributed by atoms with Crippen LogP contribution in [0.15, 0.2) is 71.8 Å². The fraction of sp³-hybridized carbons (Fsp3) is 0.484. The second-order valence-electron chi connectivity index (χ2n) is 12.0. The molecule has 182 valence electrons. The molecule has 2 aromatic carbocycles. The molecule has 2 heterocycles. The van der Waals surface area contributed by atoms with Gasteiger partial charge in [0.2, 0.25) is 0 Å². The minimum Gasteiger partial charge on any atom is -0.388 e. The fourth-order valence-electron chi connectivity index (χ4n) is 8.30. The summed E-state index contributed by atoms with van der Waals surface area (Å²) < 4.78 is 7.25. The molecule has 2 aromatic rings. The summed E-state index contributed by atoms with van der Waals surface area (Å²) in [5.74, 6) is 0.371. The number of hydrogen-bond acceptors (Lipinski definition) is 4. The quantitative estimate of drug-likeness (QED) is 0.659. The molecule has 7 atom stereocenters. The maximum atomic E-state index is 11.1. The van der Waals surface area contributed by atoms with Crippen molar-refractivity contribution in [3.63, 3.8) is 0 Å². The summed E-state index contributed by atoms with van der Waals surface area (Å²) in [6, 6.07) is 15.4. The number of benzene rings is 2. The van der Waals surface area contributed by atoms with Gasteiger partial charge in [0.25, 0.3) is 0 Å². The van der Waals surface area contributed by atoms with Crippen LogP contribution in [0.4, 0.5) is 0 Å². The number of nitrogens with zero attached hydrogens (tertiary/aromatic N) is 1. The van der Waals surface area contributed by atoms with Crippen molar-refractivity contribution in [2.75, 3.05) is 14.1 Å². The number of fused-ring (bicyclic) bond motifs is 2. The molecule has 1 saturated carbocycles. The van der Waals surface area contributed by atoms with Gasteiger partial charge in [-0.1, -0.05) is 61.5 Å². The van der Waals surface area contributed by atoms with Gasteiger partial charge in [-0.2, -0.15) is 0 Å². The molecule has 4 nitrogen and oxygen atoms in total. The summed E-state index contributed by atoms with van der Waals surface area (Å²) in [7, 11) is 3.97. The lowest BCUT2D eigenvalue weighted by Gasteiger charge is -2.55. The highest BCUT2D eigenvalue weighted by molar-refractivity contribution is 5.87. The molecule has 2 N–H and O–H groups in total. The molecular weight excluding hydrogens is 434 g/mol. The van der Waals surface area contributed by atoms with Crippen molar-refractivity contribution in [1.82, 2.24) is 4.90 Å². The lowest BCUT2D eigenvalue weighted by molar-refractivity contribution is -0.161. The molecule has 0 aromatic heterocycles. The van der Waals surface area contributed by atoms with Gasteiger partial charge in [-0.25, -0.2) is 0 Å². The van der Waals surface area contributed by atoms with Gasteiger partial charge in [-0.15, -0.1) is 0 Å². The first-order valence-electron chi connectivity index (χ1n) is 13.1. The van der Waals surface area contributed by atoms with Gasteiger partial charge in [0.15, 0.2) is 0 Å². The summed E-state index contributed by atoms with van der Waals surface area (Å²) in [4.78, 5) is 2.04. The zero-order valence-electron chi connectivity index (χ0n) is 20.9. The highest BCUT2D eigenvalue weighted by Gasteiger charge is 2.67. The predicted octanol–water partition coefficient (Wildman–Crippen LogP) is 4.86. The molecule has 2 spiro atoms. The Morgan fingerprint density at radius 2 is 1.80 bits per heavy atom. The van der Waals surface area contributed by atoms with E-state index in [0.29, 0.717) is 5.92 Å². The molecule has 4 heteroatoms. The smallest absolute Gasteiger partial charge is 0.105 e. The third-order valence-corrected chi connectivity index (χ3v) is 10.2. The van der Waals surface area contributed by atoms with E-state index < -0.39 is 17.8 Å². The summed E-state index contributed by atoms with van der Waals surface area (Å²) >= 11 is 0. The molecule has 7 rings (SSSR count). The van der Waals surface area contributed by atoms with E-state index in [4.69, 9.17) is 4.74 Å². The van der Waals surface area contributed by atoms with Crippen LogP contribution in [0.1, 0.15) is 44.6 Å². The molecule has 2 aliphatic heterocycles. The number of likely N-dealkylation sites (N-methyl/N-ethyl adjacent to an activating group) is 1. The average molecular weight is 470 g/mol. The third-order valence-electron chi connectivity index (χ3n) is 10.2. The van der Waals surface area contributed by atoms with Crippen molar-refractivity contribution >= 4 is 16.3 Å². The number of aliphatic hydroxyl groups is 2. The number of rotatable bonds is 2. The lowest BCUT2D eigenvalue weighted by Crippen LogP contribution is -2.61. The van der Waals surface area contributed by atoms with Crippen LogP contribution in [0.25, 0.3) is 16.3 Å². The fourth-order valence-corrected chi connectivity index (χ4v) is 8.30. The van der Waals surface area contributed by atoms with Gasteiger partial charge in [-0.3, -0.25) is 0 Å². The molecule has 1 saturated heterocycles. The van der Waals surface area contributed by atoms with E-state index in [1.807, 2.05) is 19.0 Å². The van der Waals surface area contributed by atoms with Crippen molar-refractivity contribution < 1.29 is 14.9 Å². The Morgan fingerprint density at radius 1 is 1.00 bits per heavy atom. The highest BCUT2D eigenvalue weighted by atomic mass is 16.5. The van der Waals surface area contributed by atoms with Crippen LogP contribution >= 0.6 is 0 Å². The van der Waals surface area contributed by atoms with E-state index in [9.17, 15) is 10.2 Å². The van der Waals surface area contributed by atoms with E-state index >= 15 is 0 Å². The molecule has 1 unspecified atom stereocenters. The largest absolute Gasteiger partial charge is 0.388 e. The Kier molecular flexibility index (Phi) is 4.50. The number of ether oxygens (including phenoxy) is 1. The Labute approximate surface area is 207 Å². The Hall–Kier alpha value is -2.24. The topological polar surface area (TPSA) is 52.9 Å². The molecule has 5 aliphatic rings. The van der Waals surface area contributed by atoms with Crippen LogP contribution in [0.3, 0.4) is 0 Å². The van der Waals surface area contributed by atoms with E-state index in [-0.39, 0.29) is 17.1 Å². The van der Waals surface area contributed by atoms with Crippen LogP contribution in [0.2, 0.25) is 0 Å². The molecule has 35 heavy (non-hydrogen) atoms. The number of hydrogen-bond donors (Lipinski definition) is 2. The van der Waals surface area contributed by atoms with Crippen LogP contribution in [-0.4, -0.2) is 58.7 Å². The minimum atomic E-state index is -0.878. The monoisotopic (exact) mass is 469 g/mol. The van der Waals surface area contributed by atoms with Gasteiger partial charge in [0.1, 0.15) is 6.10 Å². The molecular formula is C31H35NO3. The van der Waals surface area contributed by atoms with Gasteiger partial charge >= 0.3 is 0 Å². The van der Waals surface area contributed by atoms with E-state index in [1.54, 1.807) is 0 Å². The van der Waals surface area contributed by atoms with Crippen molar-refractivity contribution in [2.45, 2.75) is 68.5 Å². The van der Waals surface area contributed by atoms with Crippen LogP contribution in [-0.2, 0) is 4.74 Å². The number of allylic oxidation sites excluding steroid dienone is 3. The Balaban J connectivity index is 1.30. The average Bonchev–Trinajstić information content (AvgIpc) is 3.37. The van der Waals surface area contributed by atoms with Crippen LogP contribution < -0.4 is 0 Å². The molecule has 0 radical (unpaired) electrons. The highest BCUT2D eigenvalue weighted by Crippen LogP contribution is 2.67. The van der Waals surface area contributed by atoms with E-state index in [0.717, 1.165) is 37.7 Å². The summed E-state index contributed by atoms with van der Waals surface area (Å²) in [5.41, 5.74) is 4.11. The van der Waals surface area contributed by atoms with Crippen LogP contribution in [0, 0.1) is 11.3 Å². The maximum Gasteiger partial charge on any atom is 0.105 e. The summed E-state index contributed by atoms with van der Waals surface area (Å²) in [6.45, 7) is 2.43. The first-order valence-corrected chi connectivity index (χ1v) is 13.1. The molecule has 3 aliphatic carbocycles. The van der Waals surface area contributed by atoms with Gasteiger partial charge in [0.05, 0.1) is 17.3 Å². The van der Waals surface area contributed by atoms with Crippen molar-refractivity contribution in [2.24, 2.45) is 11.3 Å². The third kappa shape index (κ3) is 2.77. The predicted molar refractivity (Wildman–Crippen MR) is 139 cm³/mol. The standard InChI is InChI=1S/C31H35NO3/c1-29-13-12-22-17-24-27(33)28(34)25(32(2)3)18-30(24)14-15-31(22,35-30)26(29)11-10-23(29)21-9-8-19-6-4-5-7-20(19)16-21/h4-10,12,16-17,25-28,33-34H,11,13-15,18H2,1-3H3/t25?,26-,27-,28-,29-,30-,31-/m1/s1. The zero-order valence-corrected chi connectivity index (χ0v) is 20.9. The zero-order chi connectivity index (χ0) is 24.2. The normalized spacial score (nSPS) is 41.7. The van der Waals surface area contributed by atoms with E-state index in [2.05, 4.69) is 67.6 Å². The van der Waals surface area contributed by atoms with Gasteiger partial charge < -0.3 is 19.8 Å². The van der Waals surface area contributed by atoms with Crippen molar-refractivity contribution in [1.29, 1.82) is 0 Å². The first-order chi connectivity index (χ1) is 16.8. The van der Waals surface area contributed by atoms with Crippen molar-refractivity contribution in [3.8, 4) is 0 Å². The first kappa shape index (κ1) is 22.0. The SMILES string of the molecule is CN(C)C1C[C@@]23CC[C@@]4(O2)C(=CC[C@]2(C)C(c5ccc6ccccc6c5)=CC[C@H]24)C=C3[C@@H](O)[C@@H]1O. The number of aliphatic hydroxyl groups excluding tert-OH is 2.